The largest absolute Gasteiger partial charge is 0.344 e. The molecule has 3 aromatic rings. The van der Waals surface area contributed by atoms with Crippen LogP contribution >= 0.6 is 0 Å². The van der Waals surface area contributed by atoms with E-state index in [-0.39, 0.29) is 11.7 Å². The maximum absolute atomic E-state index is 14.4. The number of aromatic amines is 1. The van der Waals surface area contributed by atoms with E-state index in [1.54, 1.807) is 29.1 Å². The number of rotatable bonds is 4. The van der Waals surface area contributed by atoms with Gasteiger partial charge in [-0.15, -0.1) is 0 Å². The van der Waals surface area contributed by atoms with E-state index in [9.17, 15) is 9.18 Å². The number of nitrogens with one attached hydrogen (secondary N) is 2. The van der Waals surface area contributed by atoms with Crippen LogP contribution in [0.3, 0.4) is 0 Å². The van der Waals surface area contributed by atoms with Crippen molar-refractivity contribution in [3.05, 3.63) is 66.0 Å². The van der Waals surface area contributed by atoms with Gasteiger partial charge in [0.05, 0.1) is 11.9 Å². The predicted molar refractivity (Wildman–Crippen MR) is 77.8 cm³/mol. The van der Waals surface area contributed by atoms with Gasteiger partial charge in [0.25, 0.3) is 0 Å². The van der Waals surface area contributed by atoms with Crippen LogP contribution in [0.5, 0.6) is 0 Å². The van der Waals surface area contributed by atoms with E-state index in [2.05, 4.69) is 20.7 Å². The van der Waals surface area contributed by atoms with Gasteiger partial charge in [-0.3, -0.25) is 4.79 Å². The van der Waals surface area contributed by atoms with Gasteiger partial charge in [-0.2, -0.15) is 15.4 Å². The molecule has 0 aliphatic carbocycles. The van der Waals surface area contributed by atoms with Gasteiger partial charge in [0.2, 0.25) is 5.91 Å². The fourth-order valence-electron chi connectivity index (χ4n) is 2.29. The quantitative estimate of drug-likeness (QED) is 0.773. The third-order valence-corrected chi connectivity index (χ3v) is 3.26. The number of aromatic nitrogens is 4. The molecule has 2 heterocycles. The minimum atomic E-state index is -0.551. The van der Waals surface area contributed by atoms with Gasteiger partial charge in [-0.1, -0.05) is 6.07 Å². The second-order valence-electron chi connectivity index (χ2n) is 4.83. The Morgan fingerprint density at radius 1 is 1.36 bits per heavy atom. The Morgan fingerprint density at radius 3 is 2.73 bits per heavy atom. The normalized spacial score (nSPS) is 12.1. The highest BCUT2D eigenvalue weighted by Gasteiger charge is 2.19. The fourth-order valence-corrected chi connectivity index (χ4v) is 2.29. The molecular formula is C15H14FN5O. The highest BCUT2D eigenvalue weighted by Crippen LogP contribution is 2.23. The second-order valence-corrected chi connectivity index (χ2v) is 4.83. The molecule has 112 valence electrons. The van der Waals surface area contributed by atoms with Crippen molar-refractivity contribution < 1.29 is 9.18 Å². The lowest BCUT2D eigenvalue weighted by Crippen LogP contribution is -2.27. The molecule has 3 rings (SSSR count). The number of nitrogens with zero attached hydrogens (tertiary/aromatic N) is 3. The fraction of sp³-hybridized carbons (Fsp3) is 0.133. The molecule has 7 heteroatoms. The molecule has 1 atom stereocenters. The summed E-state index contributed by atoms with van der Waals surface area (Å²) in [6, 6.07) is 7.91. The third-order valence-electron chi connectivity index (χ3n) is 3.26. The van der Waals surface area contributed by atoms with Crippen molar-refractivity contribution in [2.45, 2.75) is 13.0 Å². The first-order chi connectivity index (χ1) is 10.6. The molecule has 0 spiro atoms. The zero-order valence-corrected chi connectivity index (χ0v) is 11.8. The Bertz CT molecular complexity index is 767. The summed E-state index contributed by atoms with van der Waals surface area (Å²) in [4.78, 5) is 11.4. The highest BCUT2D eigenvalue weighted by molar-refractivity contribution is 5.74. The lowest BCUT2D eigenvalue weighted by molar-refractivity contribution is -0.119. The number of halogens is 1. The number of carbonyl (C=O) groups is 1. The molecule has 2 aromatic heterocycles. The van der Waals surface area contributed by atoms with E-state index >= 15 is 0 Å². The molecule has 0 bridgehead atoms. The minimum Gasteiger partial charge on any atom is -0.344 e. The highest BCUT2D eigenvalue weighted by atomic mass is 19.1. The predicted octanol–water partition coefficient (Wildman–Crippen LogP) is 1.96. The maximum atomic E-state index is 14.4. The molecule has 0 aliphatic heterocycles. The molecule has 0 saturated carbocycles. The first-order valence-corrected chi connectivity index (χ1v) is 6.70. The van der Waals surface area contributed by atoms with Crippen LogP contribution in [0.4, 0.5) is 4.39 Å². The average molecular weight is 299 g/mol. The van der Waals surface area contributed by atoms with Gasteiger partial charge in [0, 0.05) is 19.3 Å². The van der Waals surface area contributed by atoms with Crippen LogP contribution in [0.2, 0.25) is 0 Å². The molecular weight excluding hydrogens is 285 g/mol. The summed E-state index contributed by atoms with van der Waals surface area (Å²) in [5, 5.41) is 12.9. The Hall–Kier alpha value is -2.96. The Morgan fingerprint density at radius 2 is 2.14 bits per heavy atom. The molecule has 1 aromatic carbocycles. The van der Waals surface area contributed by atoms with Crippen LogP contribution in [0, 0.1) is 5.82 Å². The van der Waals surface area contributed by atoms with Crippen molar-refractivity contribution in [1.82, 2.24) is 25.3 Å². The van der Waals surface area contributed by atoms with Gasteiger partial charge < -0.3 is 9.88 Å². The Kier molecular flexibility index (Phi) is 3.69. The first-order valence-electron chi connectivity index (χ1n) is 6.70. The monoisotopic (exact) mass is 299 g/mol. The summed E-state index contributed by atoms with van der Waals surface area (Å²) >= 11 is 0. The van der Waals surface area contributed by atoms with E-state index < -0.39 is 6.04 Å². The number of H-pyrrole nitrogens is 1. The number of carbonyl (C=O) groups excluding carboxylic acids is 1. The summed E-state index contributed by atoms with van der Waals surface area (Å²) in [7, 11) is 0. The summed E-state index contributed by atoms with van der Waals surface area (Å²) in [5.41, 5.74) is 1.55. The van der Waals surface area contributed by atoms with E-state index in [1.165, 1.54) is 19.2 Å². The van der Waals surface area contributed by atoms with Crippen molar-refractivity contribution in [3.8, 4) is 5.69 Å². The maximum Gasteiger partial charge on any atom is 0.217 e. The van der Waals surface area contributed by atoms with Gasteiger partial charge in [-0.05, 0) is 29.8 Å². The van der Waals surface area contributed by atoms with Gasteiger partial charge >= 0.3 is 0 Å². The van der Waals surface area contributed by atoms with E-state index in [4.69, 9.17) is 0 Å². The summed E-state index contributed by atoms with van der Waals surface area (Å²) < 4.78 is 16.1. The van der Waals surface area contributed by atoms with Crippen molar-refractivity contribution in [2.75, 3.05) is 0 Å². The Labute approximate surface area is 126 Å². The van der Waals surface area contributed by atoms with Crippen molar-refractivity contribution in [2.24, 2.45) is 0 Å². The molecule has 0 fully saturated rings. The van der Waals surface area contributed by atoms with Crippen LogP contribution in [-0.4, -0.2) is 25.9 Å². The molecule has 22 heavy (non-hydrogen) atoms. The average Bonchev–Trinajstić information content (AvgIpc) is 3.17. The minimum absolute atomic E-state index is 0.233. The summed E-state index contributed by atoms with van der Waals surface area (Å²) in [6.07, 6.45) is 5.03. The topological polar surface area (TPSA) is 75.6 Å². The van der Waals surface area contributed by atoms with E-state index in [0.29, 0.717) is 16.9 Å². The smallest absolute Gasteiger partial charge is 0.217 e. The lowest BCUT2D eigenvalue weighted by Gasteiger charge is -2.17. The molecule has 1 amide bonds. The molecule has 0 aliphatic rings. The van der Waals surface area contributed by atoms with E-state index in [0.717, 1.165) is 0 Å². The first kappa shape index (κ1) is 14.0. The Balaban J connectivity index is 1.98. The van der Waals surface area contributed by atoms with Gasteiger partial charge in [-0.25, -0.2) is 4.39 Å². The number of benzene rings is 1. The molecule has 2 N–H and O–H groups in total. The zero-order valence-electron chi connectivity index (χ0n) is 11.8. The number of hydrogen-bond donors (Lipinski definition) is 2. The van der Waals surface area contributed by atoms with Crippen molar-refractivity contribution in [1.29, 1.82) is 0 Å². The molecule has 6 nitrogen and oxygen atoms in total. The standard InChI is InChI=1S/C15H14FN5O/c1-10(22)18-15(13-9-17-20-19-13)11-4-5-14(12(16)8-11)21-6-2-3-7-21/h2-9,15H,1H3,(H,18,22)(H,17,19,20). The van der Waals surface area contributed by atoms with Crippen LogP contribution in [0.1, 0.15) is 24.2 Å². The summed E-state index contributed by atoms with van der Waals surface area (Å²) in [6.45, 7) is 1.40. The van der Waals surface area contributed by atoms with Gasteiger partial charge in [0.15, 0.2) is 0 Å². The number of hydrogen-bond acceptors (Lipinski definition) is 3. The van der Waals surface area contributed by atoms with Crippen molar-refractivity contribution in [3.63, 3.8) is 0 Å². The second kappa shape index (κ2) is 5.80. The lowest BCUT2D eigenvalue weighted by atomic mass is 10.0. The van der Waals surface area contributed by atoms with Crippen LogP contribution in [0.15, 0.2) is 48.9 Å². The molecule has 0 saturated heterocycles. The molecule has 0 radical (unpaired) electrons. The third kappa shape index (κ3) is 2.73. The van der Waals surface area contributed by atoms with Crippen LogP contribution in [-0.2, 0) is 4.79 Å². The van der Waals surface area contributed by atoms with Gasteiger partial charge in [0.1, 0.15) is 17.6 Å². The zero-order chi connectivity index (χ0) is 15.5. The van der Waals surface area contributed by atoms with Crippen molar-refractivity contribution >= 4 is 5.91 Å². The number of amides is 1. The van der Waals surface area contributed by atoms with Crippen LogP contribution in [0.25, 0.3) is 5.69 Å². The summed E-state index contributed by atoms with van der Waals surface area (Å²) in [5.74, 6) is -0.615. The van der Waals surface area contributed by atoms with Crippen LogP contribution < -0.4 is 5.32 Å². The van der Waals surface area contributed by atoms with E-state index in [1.807, 2.05) is 12.1 Å². The SMILES string of the molecule is CC(=O)NC(c1ccc(-n2cccc2)c(F)c1)c1cn[nH]n1. The molecule has 1 unspecified atom stereocenters.